The zero-order valence-corrected chi connectivity index (χ0v) is 13.8. The molecule has 0 aliphatic rings. The van der Waals surface area contributed by atoms with Crippen LogP contribution in [0, 0.1) is 0 Å². The maximum atomic E-state index is 12.1. The number of hydrogen-bond acceptors (Lipinski definition) is 6. The van der Waals surface area contributed by atoms with Gasteiger partial charge in [-0.1, -0.05) is 6.08 Å². The van der Waals surface area contributed by atoms with Crippen molar-refractivity contribution in [2.45, 2.75) is 27.7 Å². The smallest absolute Gasteiger partial charge is 0.309 e. The lowest BCUT2D eigenvalue weighted by Gasteiger charge is -2.16. The van der Waals surface area contributed by atoms with Crippen LogP contribution in [0.2, 0.25) is 0 Å². The fourth-order valence-electron chi connectivity index (χ4n) is 1.32. The van der Waals surface area contributed by atoms with Crippen LogP contribution in [0.5, 0.6) is 0 Å². The van der Waals surface area contributed by atoms with Crippen molar-refractivity contribution in [3.05, 3.63) is 11.9 Å². The molecule has 8 heteroatoms. The average Bonchev–Trinajstić information content (AvgIpc) is 2.29. The maximum absolute atomic E-state index is 12.1. The van der Waals surface area contributed by atoms with Crippen molar-refractivity contribution in [1.29, 1.82) is 0 Å². The standard InChI is InChI=1S/C11H24O6P2/c1-5-14-18(12,15-6-2)10-9-11-19(13,16-7-3)17-8-4/h9-10H,5-8,11H2,1-4H3/b10-9+. The molecule has 0 aliphatic heterocycles. The van der Waals surface area contributed by atoms with Crippen molar-refractivity contribution in [3.8, 4) is 0 Å². The minimum atomic E-state index is -3.26. The van der Waals surface area contributed by atoms with Crippen molar-refractivity contribution in [1.82, 2.24) is 0 Å². The Kier molecular flexibility index (Phi) is 9.89. The van der Waals surface area contributed by atoms with E-state index in [-0.39, 0.29) is 19.4 Å². The molecule has 0 saturated carbocycles. The van der Waals surface area contributed by atoms with Crippen LogP contribution in [-0.4, -0.2) is 32.6 Å². The van der Waals surface area contributed by atoms with Gasteiger partial charge in [0.25, 0.3) is 0 Å². The summed E-state index contributed by atoms with van der Waals surface area (Å²) in [5.41, 5.74) is 0. The molecule has 0 unspecified atom stereocenters. The van der Waals surface area contributed by atoms with E-state index in [9.17, 15) is 9.13 Å². The highest BCUT2D eigenvalue weighted by Crippen LogP contribution is 2.52. The zero-order valence-electron chi connectivity index (χ0n) is 12.0. The third-order valence-corrected chi connectivity index (χ3v) is 5.66. The largest absolute Gasteiger partial charge is 0.353 e. The van der Waals surface area contributed by atoms with E-state index >= 15 is 0 Å². The molecule has 0 aromatic rings. The summed E-state index contributed by atoms with van der Waals surface area (Å²) in [5.74, 6) is 1.31. The summed E-state index contributed by atoms with van der Waals surface area (Å²) in [6.07, 6.45) is 1.51. The Bertz CT molecular complexity index is 335. The lowest BCUT2D eigenvalue weighted by Crippen LogP contribution is -1.99. The van der Waals surface area contributed by atoms with Gasteiger partial charge in [-0.15, -0.1) is 0 Å². The van der Waals surface area contributed by atoms with E-state index in [2.05, 4.69) is 0 Å². The van der Waals surface area contributed by atoms with E-state index in [4.69, 9.17) is 18.1 Å². The van der Waals surface area contributed by atoms with Crippen molar-refractivity contribution < 1.29 is 27.2 Å². The molecule has 0 aromatic heterocycles. The van der Waals surface area contributed by atoms with Gasteiger partial charge in [0.15, 0.2) is 0 Å². The highest BCUT2D eigenvalue weighted by Gasteiger charge is 2.24. The minimum absolute atomic E-state index is 0.0405. The minimum Gasteiger partial charge on any atom is -0.309 e. The van der Waals surface area contributed by atoms with Crippen molar-refractivity contribution in [2.24, 2.45) is 0 Å². The van der Waals surface area contributed by atoms with E-state index in [1.807, 2.05) is 0 Å². The lowest BCUT2D eigenvalue weighted by atomic mass is 10.8. The Morgan fingerprint density at radius 1 is 0.789 bits per heavy atom. The number of allylic oxidation sites excluding steroid dienone is 1. The van der Waals surface area contributed by atoms with Crippen LogP contribution in [-0.2, 0) is 27.2 Å². The second-order valence-corrected chi connectivity index (χ2v) is 7.39. The molecule has 0 heterocycles. The predicted octanol–water partition coefficient (Wildman–Crippen LogP) is 4.03. The van der Waals surface area contributed by atoms with Gasteiger partial charge in [-0.05, 0) is 27.7 Å². The summed E-state index contributed by atoms with van der Waals surface area (Å²) in [6, 6.07) is 0. The summed E-state index contributed by atoms with van der Waals surface area (Å²) in [4.78, 5) is 0. The third kappa shape index (κ3) is 8.03. The van der Waals surface area contributed by atoms with Gasteiger partial charge in [0, 0.05) is 5.82 Å². The van der Waals surface area contributed by atoms with Crippen molar-refractivity contribution in [2.75, 3.05) is 32.6 Å². The van der Waals surface area contributed by atoms with Crippen LogP contribution in [0.1, 0.15) is 27.7 Å². The zero-order chi connectivity index (χ0) is 14.8. The molecule has 19 heavy (non-hydrogen) atoms. The van der Waals surface area contributed by atoms with Gasteiger partial charge >= 0.3 is 15.2 Å². The first-order valence-electron chi connectivity index (χ1n) is 6.39. The topological polar surface area (TPSA) is 71.1 Å². The van der Waals surface area contributed by atoms with Crippen LogP contribution < -0.4 is 0 Å². The van der Waals surface area contributed by atoms with Crippen LogP contribution in [0.4, 0.5) is 0 Å². The summed E-state index contributed by atoms with van der Waals surface area (Å²) in [5, 5.41) is 0. The molecule has 0 rings (SSSR count). The Hall–Kier alpha value is 0.0400. The van der Waals surface area contributed by atoms with E-state index in [0.29, 0.717) is 13.2 Å². The molecule has 0 atom stereocenters. The highest BCUT2D eigenvalue weighted by molar-refractivity contribution is 7.57. The molecule has 0 amide bonds. The fraction of sp³-hybridized carbons (Fsp3) is 0.818. The third-order valence-electron chi connectivity index (χ3n) is 1.89. The first kappa shape index (κ1) is 19.0. The Morgan fingerprint density at radius 3 is 1.58 bits per heavy atom. The van der Waals surface area contributed by atoms with Gasteiger partial charge in [-0.25, -0.2) is 0 Å². The van der Waals surface area contributed by atoms with Gasteiger partial charge in [-0.2, -0.15) is 0 Å². The predicted molar refractivity (Wildman–Crippen MR) is 75.7 cm³/mol. The molecule has 0 fully saturated rings. The quantitative estimate of drug-likeness (QED) is 0.536. The van der Waals surface area contributed by atoms with E-state index < -0.39 is 15.2 Å². The molecule has 0 bridgehead atoms. The van der Waals surface area contributed by atoms with Gasteiger partial charge in [-0.3, -0.25) is 9.13 Å². The molecular weight excluding hydrogens is 290 g/mol. The molecule has 114 valence electrons. The van der Waals surface area contributed by atoms with Gasteiger partial charge < -0.3 is 18.1 Å². The number of hydrogen-bond donors (Lipinski definition) is 0. The van der Waals surface area contributed by atoms with Gasteiger partial charge in [0.05, 0.1) is 32.6 Å². The fourth-order valence-corrected chi connectivity index (χ4v) is 4.26. The molecule has 0 N–H and O–H groups in total. The summed E-state index contributed by atoms with van der Waals surface area (Å²) in [7, 11) is -6.42. The molecule has 0 saturated heterocycles. The summed E-state index contributed by atoms with van der Waals surface area (Å²) >= 11 is 0. The van der Waals surface area contributed by atoms with Crippen LogP contribution >= 0.6 is 15.2 Å². The second-order valence-electron chi connectivity index (χ2n) is 3.39. The first-order valence-corrected chi connectivity index (χ1v) is 9.73. The molecule has 6 nitrogen and oxygen atoms in total. The Labute approximate surface area is 115 Å². The van der Waals surface area contributed by atoms with Crippen LogP contribution in [0.25, 0.3) is 0 Å². The molecule has 0 spiro atoms. The summed E-state index contributed by atoms with van der Waals surface area (Å²) in [6.45, 7) is 8.06. The van der Waals surface area contributed by atoms with Crippen LogP contribution in [0.3, 0.4) is 0 Å². The van der Waals surface area contributed by atoms with Crippen molar-refractivity contribution in [3.63, 3.8) is 0 Å². The first-order chi connectivity index (χ1) is 8.95. The lowest BCUT2D eigenvalue weighted by molar-refractivity contribution is 0.222. The number of rotatable bonds is 11. The normalized spacial score (nSPS) is 13.3. The Morgan fingerprint density at radius 2 is 1.21 bits per heavy atom. The molecule has 0 radical (unpaired) electrons. The van der Waals surface area contributed by atoms with Crippen LogP contribution in [0.15, 0.2) is 11.9 Å². The highest BCUT2D eigenvalue weighted by atomic mass is 31.2. The average molecular weight is 314 g/mol. The molecular formula is C11H24O6P2. The second kappa shape index (κ2) is 9.87. The Balaban J connectivity index is 4.67. The van der Waals surface area contributed by atoms with E-state index in [1.54, 1.807) is 27.7 Å². The molecule has 0 aromatic carbocycles. The van der Waals surface area contributed by atoms with Crippen molar-refractivity contribution >= 4 is 15.2 Å². The maximum Gasteiger partial charge on any atom is 0.353 e. The van der Waals surface area contributed by atoms with Gasteiger partial charge in [0.1, 0.15) is 0 Å². The van der Waals surface area contributed by atoms with E-state index in [0.717, 1.165) is 0 Å². The monoisotopic (exact) mass is 314 g/mol. The van der Waals surface area contributed by atoms with E-state index in [1.165, 1.54) is 11.9 Å². The van der Waals surface area contributed by atoms with Gasteiger partial charge in [0.2, 0.25) is 0 Å². The molecule has 0 aliphatic carbocycles. The SMILES string of the molecule is CCOP(=O)(/C=C/CP(=O)(OCC)OCC)OCC. The summed E-state index contributed by atoms with van der Waals surface area (Å²) < 4.78 is 44.7.